The lowest BCUT2D eigenvalue weighted by atomic mass is 9.94. The third-order valence-corrected chi connectivity index (χ3v) is 7.42. The normalized spacial score (nSPS) is 19.6. The average molecular weight is 549 g/mol. The van der Waals surface area contributed by atoms with E-state index in [-0.39, 0.29) is 17.4 Å². The van der Waals surface area contributed by atoms with E-state index in [0.717, 1.165) is 30.9 Å². The highest BCUT2D eigenvalue weighted by molar-refractivity contribution is 6.46. The number of Topliss-reactive ketones (excluding diaryl/α,β-unsaturated/α-hetero) is 1. The molecule has 2 heterocycles. The molecule has 0 radical (unpaired) electrons. The van der Waals surface area contributed by atoms with Crippen LogP contribution in [0.25, 0.3) is 5.76 Å². The van der Waals surface area contributed by atoms with Crippen LogP contribution in [-0.4, -0.2) is 72.1 Å². The fourth-order valence-electron chi connectivity index (χ4n) is 5.42. The first kappa shape index (κ1) is 29.2. The fraction of sp³-hybridized carbons (Fsp3) is 0.438. The number of carbonyl (C=O) groups excluding carboxylic acids is 2. The second-order valence-corrected chi connectivity index (χ2v) is 10.1. The second-order valence-electron chi connectivity index (χ2n) is 10.1. The summed E-state index contributed by atoms with van der Waals surface area (Å²) in [4.78, 5) is 30.8. The number of hydrogen-bond donors (Lipinski definition) is 1. The third-order valence-electron chi connectivity index (χ3n) is 7.42. The van der Waals surface area contributed by atoms with Gasteiger partial charge in [0.25, 0.3) is 11.7 Å². The molecule has 2 aromatic carbocycles. The summed E-state index contributed by atoms with van der Waals surface area (Å²) in [7, 11) is 0. The lowest BCUT2D eigenvalue weighted by Crippen LogP contribution is -2.33. The summed E-state index contributed by atoms with van der Waals surface area (Å²) in [5.74, 6) is 0.307. The Hall–Kier alpha value is -3.78. The van der Waals surface area contributed by atoms with Crippen molar-refractivity contribution in [2.45, 2.75) is 52.7 Å². The Kier molecular flexibility index (Phi) is 9.53. The Morgan fingerprint density at radius 2 is 1.90 bits per heavy atom. The van der Waals surface area contributed by atoms with Gasteiger partial charge in [-0.3, -0.25) is 9.59 Å². The van der Waals surface area contributed by atoms with Gasteiger partial charge in [-0.1, -0.05) is 32.6 Å². The smallest absolute Gasteiger partial charge is 0.295 e. The van der Waals surface area contributed by atoms with Crippen molar-refractivity contribution in [2.24, 2.45) is 0 Å². The molecule has 8 nitrogen and oxygen atoms in total. The van der Waals surface area contributed by atoms with E-state index in [4.69, 9.17) is 14.2 Å². The quantitative estimate of drug-likeness (QED) is 0.161. The molecule has 8 heteroatoms. The van der Waals surface area contributed by atoms with Crippen LogP contribution in [0.5, 0.6) is 17.2 Å². The summed E-state index contributed by atoms with van der Waals surface area (Å²) in [5.41, 5.74) is 2.18. The van der Waals surface area contributed by atoms with Crippen LogP contribution in [0, 0.1) is 0 Å². The number of fused-ring (bicyclic) bond motifs is 1. The molecule has 2 aromatic rings. The van der Waals surface area contributed by atoms with Crippen molar-refractivity contribution in [3.63, 3.8) is 0 Å². The minimum atomic E-state index is -0.771. The number of amides is 1. The van der Waals surface area contributed by atoms with E-state index < -0.39 is 17.7 Å². The van der Waals surface area contributed by atoms with Crippen molar-refractivity contribution >= 4 is 17.4 Å². The van der Waals surface area contributed by atoms with Gasteiger partial charge in [0, 0.05) is 18.5 Å². The van der Waals surface area contributed by atoms with Crippen LogP contribution in [0.4, 0.5) is 0 Å². The Balaban J connectivity index is 1.78. The van der Waals surface area contributed by atoms with E-state index in [2.05, 4.69) is 25.3 Å². The van der Waals surface area contributed by atoms with E-state index in [0.29, 0.717) is 55.2 Å². The molecule has 2 aliphatic rings. The van der Waals surface area contributed by atoms with Crippen molar-refractivity contribution in [3.05, 3.63) is 71.3 Å². The van der Waals surface area contributed by atoms with Gasteiger partial charge >= 0.3 is 0 Å². The van der Waals surface area contributed by atoms with E-state index >= 15 is 0 Å². The van der Waals surface area contributed by atoms with Crippen LogP contribution < -0.4 is 14.2 Å². The first-order valence-electron chi connectivity index (χ1n) is 14.1. The van der Waals surface area contributed by atoms with Crippen LogP contribution in [0.15, 0.2) is 54.6 Å². The maximum Gasteiger partial charge on any atom is 0.295 e. The zero-order valence-corrected chi connectivity index (χ0v) is 23.9. The first-order chi connectivity index (χ1) is 19.3. The van der Waals surface area contributed by atoms with Crippen molar-refractivity contribution in [1.82, 2.24) is 9.80 Å². The summed E-state index contributed by atoms with van der Waals surface area (Å²) in [6, 6.07) is 10.00. The van der Waals surface area contributed by atoms with Crippen LogP contribution in [0.3, 0.4) is 0 Å². The Bertz CT molecular complexity index is 1280. The van der Waals surface area contributed by atoms with Gasteiger partial charge in [0.1, 0.15) is 24.2 Å². The molecule has 2 aliphatic heterocycles. The van der Waals surface area contributed by atoms with Crippen molar-refractivity contribution in [3.8, 4) is 17.2 Å². The number of ether oxygens (including phenoxy) is 3. The summed E-state index contributed by atoms with van der Waals surface area (Å²) in [5, 5.41) is 11.6. The molecule has 2 atom stereocenters. The van der Waals surface area contributed by atoms with E-state index in [1.54, 1.807) is 29.2 Å². The van der Waals surface area contributed by atoms with E-state index in [9.17, 15) is 14.7 Å². The number of rotatable bonds is 13. The number of ketones is 1. The predicted octanol–water partition coefficient (Wildman–Crippen LogP) is 5.13. The Morgan fingerprint density at radius 3 is 2.60 bits per heavy atom. The molecule has 0 saturated carbocycles. The van der Waals surface area contributed by atoms with Crippen molar-refractivity contribution in [2.75, 3.05) is 39.4 Å². The maximum atomic E-state index is 13.5. The Morgan fingerprint density at radius 1 is 1.12 bits per heavy atom. The largest absolute Gasteiger partial charge is 0.507 e. The summed E-state index contributed by atoms with van der Waals surface area (Å²) >= 11 is 0. The monoisotopic (exact) mass is 548 g/mol. The minimum Gasteiger partial charge on any atom is -0.507 e. The van der Waals surface area contributed by atoms with Gasteiger partial charge in [-0.2, -0.15) is 0 Å². The van der Waals surface area contributed by atoms with Gasteiger partial charge < -0.3 is 29.1 Å². The molecular weight excluding hydrogens is 508 g/mol. The number of aliphatic hydroxyl groups is 1. The molecule has 1 N–H and O–H groups in total. The average Bonchev–Trinajstić information content (AvgIpc) is 3.45. The SMILES string of the molecule is C=CCOc1ccc([C@@H]2/C(=C(\O)c3ccc4c(c3)C[C@H](C)O4)C(=O)C(=O)N2CCCN(CC)CC)cc1OCC. The van der Waals surface area contributed by atoms with Crippen LogP contribution in [0.2, 0.25) is 0 Å². The van der Waals surface area contributed by atoms with Gasteiger partial charge in [-0.15, -0.1) is 0 Å². The van der Waals surface area contributed by atoms with Crippen molar-refractivity contribution in [1.29, 1.82) is 0 Å². The standard InChI is InChI=1S/C32H40N2O6/c1-6-17-39-26-14-11-22(20-27(26)38-9-4)29-28(30(35)23-12-13-25-24(19-23)18-21(5)40-25)31(36)32(37)34(29)16-10-15-33(7-2)8-3/h6,11-14,19-21,29,35H,1,7-10,15-18H2,2-5H3/b30-28+/t21-,29+/m0/s1. The molecular formula is C32H40N2O6. The minimum absolute atomic E-state index is 0.0441. The van der Waals surface area contributed by atoms with Gasteiger partial charge in [0.2, 0.25) is 0 Å². The number of benzene rings is 2. The highest BCUT2D eigenvalue weighted by Crippen LogP contribution is 2.43. The second kappa shape index (κ2) is 13.0. The third kappa shape index (κ3) is 6.02. The zero-order chi connectivity index (χ0) is 28.8. The Labute approximate surface area is 236 Å². The zero-order valence-electron chi connectivity index (χ0n) is 23.9. The molecule has 0 bridgehead atoms. The van der Waals surface area contributed by atoms with Crippen molar-refractivity contribution < 1.29 is 28.9 Å². The lowest BCUT2D eigenvalue weighted by molar-refractivity contribution is -0.140. The molecule has 1 fully saturated rings. The molecule has 214 valence electrons. The van der Waals surface area contributed by atoms with Gasteiger partial charge in [-0.25, -0.2) is 0 Å². The number of carbonyl (C=O) groups is 2. The summed E-state index contributed by atoms with van der Waals surface area (Å²) < 4.78 is 17.4. The summed E-state index contributed by atoms with van der Waals surface area (Å²) in [6.07, 6.45) is 3.10. The first-order valence-corrected chi connectivity index (χ1v) is 14.1. The van der Waals surface area contributed by atoms with Gasteiger partial charge in [0.15, 0.2) is 11.5 Å². The van der Waals surface area contributed by atoms with Gasteiger partial charge in [-0.05, 0) is 81.4 Å². The predicted molar refractivity (Wildman–Crippen MR) is 155 cm³/mol. The topological polar surface area (TPSA) is 88.5 Å². The van der Waals surface area contributed by atoms with Crippen LogP contribution in [-0.2, 0) is 16.0 Å². The maximum absolute atomic E-state index is 13.5. The van der Waals surface area contributed by atoms with E-state index in [1.807, 2.05) is 32.0 Å². The molecule has 0 aliphatic carbocycles. The fourth-order valence-corrected chi connectivity index (χ4v) is 5.42. The summed E-state index contributed by atoms with van der Waals surface area (Å²) in [6.45, 7) is 15.5. The number of likely N-dealkylation sites (tertiary alicyclic amines) is 1. The highest BCUT2D eigenvalue weighted by atomic mass is 16.5. The molecule has 0 unspecified atom stereocenters. The molecule has 0 spiro atoms. The van der Waals surface area contributed by atoms with Crippen LogP contribution in [0.1, 0.15) is 56.8 Å². The molecule has 0 aromatic heterocycles. The lowest BCUT2D eigenvalue weighted by Gasteiger charge is -2.27. The van der Waals surface area contributed by atoms with E-state index in [1.165, 1.54) is 0 Å². The molecule has 40 heavy (non-hydrogen) atoms. The highest BCUT2D eigenvalue weighted by Gasteiger charge is 2.46. The van der Waals surface area contributed by atoms with Crippen LogP contribution >= 0.6 is 0 Å². The molecule has 1 amide bonds. The number of aliphatic hydroxyl groups excluding tert-OH is 1. The number of nitrogens with zero attached hydrogens (tertiary/aromatic N) is 2. The van der Waals surface area contributed by atoms with Gasteiger partial charge in [0.05, 0.1) is 18.2 Å². The molecule has 1 saturated heterocycles. The molecule has 4 rings (SSSR count). The number of hydrogen-bond acceptors (Lipinski definition) is 7.